The number of nitrogen functional groups attached to an aromatic ring is 1. The second-order valence-corrected chi connectivity index (χ2v) is 4.63. The lowest BCUT2D eigenvalue weighted by Crippen LogP contribution is -2.09. The molecule has 3 N–H and O–H groups in total. The fourth-order valence-corrected chi connectivity index (χ4v) is 1.87. The fraction of sp³-hybridized carbons (Fsp3) is 0.286. The first-order valence-corrected chi connectivity index (χ1v) is 6.86. The summed E-state index contributed by atoms with van der Waals surface area (Å²) in [6.45, 7) is 1.29. The van der Waals surface area contributed by atoms with Crippen molar-refractivity contribution in [2.24, 2.45) is 0 Å². The maximum absolute atomic E-state index is 5.79. The molecule has 0 spiro atoms. The van der Waals surface area contributed by atoms with Crippen LogP contribution >= 0.6 is 11.6 Å². The molecular weight excluding hydrogens is 292 g/mol. The van der Waals surface area contributed by atoms with Crippen molar-refractivity contribution in [1.29, 1.82) is 0 Å². The first kappa shape index (κ1) is 15.2. The summed E-state index contributed by atoms with van der Waals surface area (Å²) in [7, 11) is 1.63. The minimum Gasteiger partial charge on any atom is -0.497 e. The van der Waals surface area contributed by atoms with E-state index in [0.717, 1.165) is 17.9 Å². The van der Waals surface area contributed by atoms with Crippen molar-refractivity contribution in [3.8, 4) is 11.5 Å². The Balaban J connectivity index is 1.69. The second kappa shape index (κ2) is 7.54. The number of methoxy groups -OCH3 is 1. The van der Waals surface area contributed by atoms with Gasteiger partial charge in [0.25, 0.3) is 0 Å². The van der Waals surface area contributed by atoms with E-state index in [1.54, 1.807) is 13.2 Å². The first-order chi connectivity index (χ1) is 10.2. The lowest BCUT2D eigenvalue weighted by Gasteiger charge is -2.08. The van der Waals surface area contributed by atoms with Crippen LogP contribution in [0.1, 0.15) is 6.42 Å². The van der Waals surface area contributed by atoms with E-state index in [2.05, 4.69) is 15.3 Å². The summed E-state index contributed by atoms with van der Waals surface area (Å²) in [4.78, 5) is 7.81. The van der Waals surface area contributed by atoms with Crippen LogP contribution in [-0.2, 0) is 0 Å². The molecule has 21 heavy (non-hydrogen) atoms. The monoisotopic (exact) mass is 308 g/mol. The van der Waals surface area contributed by atoms with Gasteiger partial charge in [-0.1, -0.05) is 11.6 Å². The Morgan fingerprint density at radius 1 is 1.19 bits per heavy atom. The molecule has 2 rings (SSSR count). The van der Waals surface area contributed by atoms with Crippen molar-refractivity contribution in [2.75, 3.05) is 31.3 Å². The van der Waals surface area contributed by atoms with Gasteiger partial charge in [-0.25, -0.2) is 4.98 Å². The van der Waals surface area contributed by atoms with Gasteiger partial charge >= 0.3 is 0 Å². The number of hydrogen-bond donors (Lipinski definition) is 2. The molecule has 0 saturated heterocycles. The van der Waals surface area contributed by atoms with E-state index in [1.165, 1.54) is 0 Å². The van der Waals surface area contributed by atoms with Crippen LogP contribution in [-0.4, -0.2) is 30.2 Å². The van der Waals surface area contributed by atoms with Crippen LogP contribution in [0.2, 0.25) is 5.15 Å². The highest BCUT2D eigenvalue weighted by Gasteiger charge is 2.00. The van der Waals surface area contributed by atoms with Gasteiger partial charge in [0.1, 0.15) is 22.5 Å². The van der Waals surface area contributed by atoms with E-state index in [9.17, 15) is 0 Å². The molecule has 2 aromatic rings. The van der Waals surface area contributed by atoms with Crippen molar-refractivity contribution in [3.63, 3.8) is 0 Å². The summed E-state index contributed by atoms with van der Waals surface area (Å²) in [5.74, 6) is 2.38. The Labute approximate surface area is 128 Å². The molecule has 0 radical (unpaired) electrons. The SMILES string of the molecule is COc1ccc(OCCCNc2cc(Cl)nc(N)n2)cc1. The number of rotatable bonds is 7. The smallest absolute Gasteiger partial charge is 0.223 e. The summed E-state index contributed by atoms with van der Waals surface area (Å²) in [6.07, 6.45) is 0.813. The Bertz CT molecular complexity index is 557. The molecule has 6 nitrogen and oxygen atoms in total. The van der Waals surface area contributed by atoms with Crippen LogP contribution in [0.25, 0.3) is 0 Å². The highest BCUT2D eigenvalue weighted by atomic mass is 35.5. The van der Waals surface area contributed by atoms with Gasteiger partial charge < -0.3 is 20.5 Å². The van der Waals surface area contributed by atoms with Crippen molar-refractivity contribution in [3.05, 3.63) is 35.5 Å². The van der Waals surface area contributed by atoms with E-state index in [0.29, 0.717) is 24.1 Å². The Morgan fingerprint density at radius 2 is 1.90 bits per heavy atom. The highest BCUT2D eigenvalue weighted by Crippen LogP contribution is 2.17. The van der Waals surface area contributed by atoms with Crippen molar-refractivity contribution < 1.29 is 9.47 Å². The van der Waals surface area contributed by atoms with E-state index in [1.807, 2.05) is 24.3 Å². The molecule has 0 aliphatic carbocycles. The minimum atomic E-state index is 0.152. The molecule has 0 aliphatic rings. The summed E-state index contributed by atoms with van der Waals surface area (Å²) >= 11 is 5.79. The molecule has 1 aromatic heterocycles. The third-order valence-corrected chi connectivity index (χ3v) is 2.86. The maximum atomic E-state index is 5.79. The molecule has 0 amide bonds. The second-order valence-electron chi connectivity index (χ2n) is 4.24. The number of benzene rings is 1. The Hall–Kier alpha value is -2.21. The molecule has 0 aliphatic heterocycles. The van der Waals surface area contributed by atoms with Crippen molar-refractivity contribution in [1.82, 2.24) is 9.97 Å². The van der Waals surface area contributed by atoms with Gasteiger partial charge in [0.2, 0.25) is 5.95 Å². The van der Waals surface area contributed by atoms with Crippen molar-refractivity contribution in [2.45, 2.75) is 6.42 Å². The largest absolute Gasteiger partial charge is 0.497 e. The molecule has 0 saturated carbocycles. The van der Waals surface area contributed by atoms with Crippen LogP contribution in [0.3, 0.4) is 0 Å². The first-order valence-electron chi connectivity index (χ1n) is 6.48. The molecule has 112 valence electrons. The molecule has 0 fully saturated rings. The summed E-state index contributed by atoms with van der Waals surface area (Å²) in [5.41, 5.74) is 5.51. The van der Waals surface area contributed by atoms with Crippen LogP contribution in [0.15, 0.2) is 30.3 Å². The predicted octanol–water partition coefficient (Wildman–Crippen LogP) is 2.60. The summed E-state index contributed by atoms with van der Waals surface area (Å²) < 4.78 is 10.7. The normalized spacial score (nSPS) is 10.2. The predicted molar refractivity (Wildman–Crippen MR) is 83.1 cm³/mol. The number of nitrogens with one attached hydrogen (secondary N) is 1. The number of nitrogens with zero attached hydrogens (tertiary/aromatic N) is 2. The van der Waals surface area contributed by atoms with Crippen LogP contribution < -0.4 is 20.5 Å². The average Bonchev–Trinajstić information content (AvgIpc) is 2.46. The molecule has 7 heteroatoms. The maximum Gasteiger partial charge on any atom is 0.223 e. The van der Waals surface area contributed by atoms with Gasteiger partial charge in [0.05, 0.1) is 13.7 Å². The number of nitrogens with two attached hydrogens (primary N) is 1. The van der Waals surface area contributed by atoms with E-state index < -0.39 is 0 Å². The standard InChI is InChI=1S/C14H17ClN4O2/c1-20-10-3-5-11(6-4-10)21-8-2-7-17-13-9-12(15)18-14(16)19-13/h3-6,9H,2,7-8H2,1H3,(H3,16,17,18,19). The topological polar surface area (TPSA) is 82.3 Å². The third kappa shape index (κ3) is 5.00. The van der Waals surface area contributed by atoms with Gasteiger partial charge in [-0.2, -0.15) is 4.98 Å². The van der Waals surface area contributed by atoms with Crippen LogP contribution in [0, 0.1) is 0 Å². The Kier molecular flexibility index (Phi) is 5.45. The molecule has 0 atom stereocenters. The zero-order valence-corrected chi connectivity index (χ0v) is 12.4. The summed E-state index contributed by atoms with van der Waals surface area (Å²) in [6, 6.07) is 9.09. The highest BCUT2D eigenvalue weighted by molar-refractivity contribution is 6.29. The fourth-order valence-electron chi connectivity index (χ4n) is 1.68. The van der Waals surface area contributed by atoms with E-state index >= 15 is 0 Å². The number of aromatic nitrogens is 2. The minimum absolute atomic E-state index is 0.152. The number of ether oxygens (including phenoxy) is 2. The van der Waals surface area contributed by atoms with Crippen LogP contribution in [0.5, 0.6) is 11.5 Å². The third-order valence-electron chi connectivity index (χ3n) is 2.67. The van der Waals surface area contributed by atoms with Gasteiger partial charge in [-0.3, -0.25) is 0 Å². The zero-order valence-electron chi connectivity index (χ0n) is 11.7. The van der Waals surface area contributed by atoms with E-state index in [-0.39, 0.29) is 5.95 Å². The quantitative estimate of drug-likeness (QED) is 0.604. The van der Waals surface area contributed by atoms with Crippen LogP contribution in [0.4, 0.5) is 11.8 Å². The van der Waals surface area contributed by atoms with Gasteiger partial charge in [0, 0.05) is 12.6 Å². The molecular formula is C14H17ClN4O2. The van der Waals surface area contributed by atoms with Gasteiger partial charge in [-0.15, -0.1) is 0 Å². The lowest BCUT2D eigenvalue weighted by atomic mass is 10.3. The molecule has 1 heterocycles. The molecule has 0 bridgehead atoms. The summed E-state index contributed by atoms with van der Waals surface area (Å²) in [5, 5.41) is 3.43. The number of hydrogen-bond acceptors (Lipinski definition) is 6. The van der Waals surface area contributed by atoms with Crippen molar-refractivity contribution >= 4 is 23.4 Å². The number of anilines is 2. The zero-order chi connectivity index (χ0) is 15.1. The Morgan fingerprint density at radius 3 is 2.57 bits per heavy atom. The van der Waals surface area contributed by atoms with Gasteiger partial charge in [0.15, 0.2) is 0 Å². The molecule has 1 aromatic carbocycles. The van der Waals surface area contributed by atoms with Gasteiger partial charge in [-0.05, 0) is 30.7 Å². The molecule has 0 unspecified atom stereocenters. The average molecular weight is 309 g/mol. The lowest BCUT2D eigenvalue weighted by molar-refractivity contribution is 0.314. The van der Waals surface area contributed by atoms with E-state index in [4.69, 9.17) is 26.8 Å². The number of halogens is 1.